The molecule has 0 aliphatic carbocycles. The first-order valence-corrected chi connectivity index (χ1v) is 5.40. The van der Waals surface area contributed by atoms with Crippen LogP contribution in [0.4, 0.5) is 0 Å². The van der Waals surface area contributed by atoms with Crippen molar-refractivity contribution < 1.29 is 14.2 Å². The molecule has 0 spiro atoms. The molecule has 1 aromatic carbocycles. The summed E-state index contributed by atoms with van der Waals surface area (Å²) in [6, 6.07) is 7.70. The van der Waals surface area contributed by atoms with Crippen LogP contribution in [-0.2, 0) is 9.47 Å². The standard InChI is InChI=1S/C13H16O3/c1-3-10-8-15-13(16-9-10)11-4-6-12(14-2)7-5-11/h1,4-7,10,13H,3,8-9H2,2H3. The minimum Gasteiger partial charge on any atom is -0.497 e. The molecule has 0 unspecified atom stereocenters. The lowest BCUT2D eigenvalue weighted by atomic mass is 10.1. The Morgan fingerprint density at radius 3 is 2.38 bits per heavy atom. The molecule has 1 aliphatic heterocycles. The van der Waals surface area contributed by atoms with Gasteiger partial charge in [-0.15, -0.1) is 0 Å². The van der Waals surface area contributed by atoms with E-state index in [2.05, 4.69) is 0 Å². The quantitative estimate of drug-likeness (QED) is 0.783. The topological polar surface area (TPSA) is 27.7 Å². The molecule has 3 nitrogen and oxygen atoms in total. The lowest BCUT2D eigenvalue weighted by molar-refractivity contribution is -0.204. The summed E-state index contributed by atoms with van der Waals surface area (Å²) in [6.45, 7) is 6.87. The first-order valence-electron chi connectivity index (χ1n) is 5.40. The smallest absolute Gasteiger partial charge is 0.183 e. The molecule has 1 saturated heterocycles. The predicted octanol–water partition coefficient (Wildman–Crippen LogP) is 2.46. The molecule has 0 atom stereocenters. The zero-order valence-electron chi connectivity index (χ0n) is 9.39. The van der Waals surface area contributed by atoms with Crippen molar-refractivity contribution in [2.75, 3.05) is 20.3 Å². The zero-order valence-corrected chi connectivity index (χ0v) is 9.39. The SMILES string of the molecule is [CH]CC1COC(c2ccc(OC)cc2)OC1. The highest BCUT2D eigenvalue weighted by Crippen LogP contribution is 2.27. The molecule has 0 aromatic heterocycles. The molecular weight excluding hydrogens is 204 g/mol. The Hall–Kier alpha value is -1.06. The maximum absolute atomic E-state index is 5.60. The molecule has 1 aliphatic rings. The van der Waals surface area contributed by atoms with E-state index < -0.39 is 0 Å². The Bertz CT molecular complexity index is 312. The van der Waals surface area contributed by atoms with E-state index in [9.17, 15) is 0 Å². The van der Waals surface area contributed by atoms with E-state index in [1.54, 1.807) is 7.11 Å². The highest BCUT2D eigenvalue weighted by molar-refractivity contribution is 5.27. The maximum Gasteiger partial charge on any atom is 0.183 e. The van der Waals surface area contributed by atoms with Crippen LogP contribution in [-0.4, -0.2) is 20.3 Å². The van der Waals surface area contributed by atoms with Crippen LogP contribution in [0.25, 0.3) is 0 Å². The summed E-state index contributed by atoms with van der Waals surface area (Å²) in [5.41, 5.74) is 1.01. The summed E-state index contributed by atoms with van der Waals surface area (Å²) in [5.74, 6) is 1.15. The van der Waals surface area contributed by atoms with Gasteiger partial charge in [0.15, 0.2) is 6.29 Å². The molecule has 1 aromatic rings. The van der Waals surface area contributed by atoms with Crippen molar-refractivity contribution in [3.8, 4) is 5.75 Å². The summed E-state index contributed by atoms with van der Waals surface area (Å²) in [4.78, 5) is 0. The number of hydrogen-bond donors (Lipinski definition) is 0. The van der Waals surface area contributed by atoms with E-state index in [1.807, 2.05) is 24.3 Å². The minimum absolute atomic E-state index is 0.270. The summed E-state index contributed by atoms with van der Waals surface area (Å²) >= 11 is 0. The molecule has 1 fully saturated rings. The number of hydrogen-bond acceptors (Lipinski definition) is 3. The largest absolute Gasteiger partial charge is 0.497 e. The number of benzene rings is 1. The second-order valence-corrected chi connectivity index (χ2v) is 3.87. The Kier molecular flexibility index (Phi) is 3.80. The van der Waals surface area contributed by atoms with Crippen LogP contribution in [0.3, 0.4) is 0 Å². The number of rotatable bonds is 3. The van der Waals surface area contributed by atoms with Gasteiger partial charge in [-0.1, -0.05) is 12.1 Å². The van der Waals surface area contributed by atoms with Crippen LogP contribution in [0.15, 0.2) is 24.3 Å². The number of methoxy groups -OCH3 is 1. The van der Waals surface area contributed by atoms with Crippen molar-refractivity contribution in [2.24, 2.45) is 5.92 Å². The monoisotopic (exact) mass is 220 g/mol. The van der Waals surface area contributed by atoms with E-state index in [4.69, 9.17) is 21.1 Å². The molecule has 0 amide bonds. The van der Waals surface area contributed by atoms with Crippen molar-refractivity contribution in [2.45, 2.75) is 12.7 Å². The van der Waals surface area contributed by atoms with Crippen LogP contribution < -0.4 is 4.74 Å². The average Bonchev–Trinajstić information content (AvgIpc) is 2.39. The fraction of sp³-hybridized carbons (Fsp3) is 0.462. The lowest BCUT2D eigenvalue weighted by Gasteiger charge is -2.28. The third-order valence-electron chi connectivity index (χ3n) is 2.69. The van der Waals surface area contributed by atoms with E-state index in [-0.39, 0.29) is 6.29 Å². The van der Waals surface area contributed by atoms with Gasteiger partial charge in [0.25, 0.3) is 0 Å². The van der Waals surface area contributed by atoms with Crippen molar-refractivity contribution in [1.82, 2.24) is 0 Å². The third kappa shape index (κ3) is 2.54. The highest BCUT2D eigenvalue weighted by Gasteiger charge is 2.22. The van der Waals surface area contributed by atoms with Gasteiger partial charge in [-0.3, -0.25) is 0 Å². The summed E-state index contributed by atoms with van der Waals surface area (Å²) in [7, 11) is 1.65. The van der Waals surface area contributed by atoms with Crippen LogP contribution in [0.5, 0.6) is 5.75 Å². The van der Waals surface area contributed by atoms with Gasteiger partial charge in [0.2, 0.25) is 0 Å². The Balaban J connectivity index is 1.97. The van der Waals surface area contributed by atoms with Crippen LogP contribution in [0.2, 0.25) is 0 Å². The van der Waals surface area contributed by atoms with Crippen LogP contribution in [0.1, 0.15) is 18.3 Å². The molecule has 2 rings (SSSR count). The fourth-order valence-electron chi connectivity index (χ4n) is 1.63. The van der Waals surface area contributed by atoms with Crippen LogP contribution in [0, 0.1) is 12.8 Å². The van der Waals surface area contributed by atoms with Crippen molar-refractivity contribution in [3.05, 3.63) is 36.8 Å². The third-order valence-corrected chi connectivity index (χ3v) is 2.69. The number of ether oxygens (including phenoxy) is 3. The highest BCUT2D eigenvalue weighted by atomic mass is 16.7. The molecule has 1 heterocycles. The van der Waals surface area contributed by atoms with Gasteiger partial charge in [0.1, 0.15) is 5.75 Å². The molecule has 0 bridgehead atoms. The molecule has 2 radical (unpaired) electrons. The van der Waals surface area contributed by atoms with E-state index >= 15 is 0 Å². The first kappa shape index (κ1) is 11.4. The lowest BCUT2D eigenvalue weighted by Crippen LogP contribution is -2.26. The fourth-order valence-corrected chi connectivity index (χ4v) is 1.63. The van der Waals surface area contributed by atoms with Gasteiger partial charge >= 0.3 is 0 Å². The maximum atomic E-state index is 5.60. The predicted molar refractivity (Wildman–Crippen MR) is 60.0 cm³/mol. The molecule has 86 valence electrons. The van der Waals surface area contributed by atoms with Crippen molar-refractivity contribution in [1.29, 1.82) is 0 Å². The zero-order chi connectivity index (χ0) is 11.4. The van der Waals surface area contributed by atoms with Gasteiger partial charge < -0.3 is 14.2 Å². The molecule has 0 N–H and O–H groups in total. The van der Waals surface area contributed by atoms with E-state index in [0.29, 0.717) is 25.6 Å². The van der Waals surface area contributed by atoms with Gasteiger partial charge in [-0.05, 0) is 25.5 Å². The Labute approximate surface area is 96.3 Å². The minimum atomic E-state index is -0.270. The van der Waals surface area contributed by atoms with Crippen LogP contribution >= 0.6 is 0 Å². The van der Waals surface area contributed by atoms with Gasteiger partial charge in [0.05, 0.1) is 20.3 Å². The van der Waals surface area contributed by atoms with E-state index in [1.165, 1.54) is 0 Å². The van der Waals surface area contributed by atoms with Gasteiger partial charge in [0, 0.05) is 11.5 Å². The Morgan fingerprint density at radius 2 is 1.88 bits per heavy atom. The summed E-state index contributed by atoms with van der Waals surface area (Å²) < 4.78 is 16.3. The van der Waals surface area contributed by atoms with Crippen molar-refractivity contribution >= 4 is 0 Å². The average molecular weight is 220 g/mol. The summed E-state index contributed by atoms with van der Waals surface area (Å²) in [5, 5.41) is 0. The first-order chi connectivity index (χ1) is 7.83. The normalized spacial score (nSPS) is 25.4. The van der Waals surface area contributed by atoms with Crippen molar-refractivity contribution in [3.63, 3.8) is 0 Å². The summed E-state index contributed by atoms with van der Waals surface area (Å²) in [6.07, 6.45) is 0.337. The van der Waals surface area contributed by atoms with Gasteiger partial charge in [-0.25, -0.2) is 0 Å². The Morgan fingerprint density at radius 1 is 1.25 bits per heavy atom. The second kappa shape index (κ2) is 5.32. The molecule has 0 saturated carbocycles. The van der Waals surface area contributed by atoms with Gasteiger partial charge in [-0.2, -0.15) is 0 Å². The van der Waals surface area contributed by atoms with E-state index in [0.717, 1.165) is 11.3 Å². The molecule has 16 heavy (non-hydrogen) atoms. The molecular formula is C13H16O3. The second-order valence-electron chi connectivity index (χ2n) is 3.87. The molecule has 3 heteroatoms.